The molecule has 1 saturated carbocycles. The summed E-state index contributed by atoms with van der Waals surface area (Å²) < 4.78 is 6.24. The zero-order valence-electron chi connectivity index (χ0n) is 14.5. The summed E-state index contributed by atoms with van der Waals surface area (Å²) in [5, 5.41) is 2.28. The van der Waals surface area contributed by atoms with Gasteiger partial charge < -0.3 is 9.32 Å². The minimum absolute atomic E-state index is 0.390. The Hall–Kier alpha value is -2.07. The number of nitrogens with zero attached hydrogens (tertiary/aromatic N) is 3. The number of furan rings is 1. The van der Waals surface area contributed by atoms with E-state index in [-0.39, 0.29) is 0 Å². The Morgan fingerprint density at radius 1 is 1.12 bits per heavy atom. The first kappa shape index (κ1) is 14.3. The normalized spacial score (nSPS) is 27.5. The third kappa shape index (κ3) is 1.80. The number of pyridine rings is 1. The summed E-state index contributed by atoms with van der Waals surface area (Å²) in [7, 11) is 2.26. The van der Waals surface area contributed by atoms with Crippen LogP contribution in [0.1, 0.15) is 31.7 Å². The molecular weight excluding hydrogens is 298 g/mol. The fourth-order valence-electron chi connectivity index (χ4n) is 4.81. The summed E-state index contributed by atoms with van der Waals surface area (Å²) in [4.78, 5) is 9.55. The van der Waals surface area contributed by atoms with E-state index < -0.39 is 0 Å². The van der Waals surface area contributed by atoms with Gasteiger partial charge in [-0.25, -0.2) is 4.98 Å². The Bertz CT molecular complexity index is 931. The van der Waals surface area contributed by atoms with Gasteiger partial charge in [0.25, 0.3) is 0 Å². The highest BCUT2D eigenvalue weighted by molar-refractivity contribution is 6.08. The Morgan fingerprint density at radius 2 is 1.96 bits per heavy atom. The number of aromatic nitrogens is 1. The number of hydrogen-bond donors (Lipinski definition) is 0. The molecular formula is C20H23N3O. The molecule has 5 rings (SSSR count). The van der Waals surface area contributed by atoms with Crippen LogP contribution in [0.2, 0.25) is 0 Å². The Labute approximate surface area is 142 Å². The van der Waals surface area contributed by atoms with Crippen LogP contribution in [0.15, 0.2) is 34.9 Å². The molecule has 0 N–H and O–H groups in total. The monoisotopic (exact) mass is 321 g/mol. The number of anilines is 1. The fourth-order valence-corrected chi connectivity index (χ4v) is 4.81. The summed E-state index contributed by atoms with van der Waals surface area (Å²) in [6.07, 6.45) is 6.03. The van der Waals surface area contributed by atoms with Crippen molar-refractivity contribution in [1.29, 1.82) is 0 Å². The summed E-state index contributed by atoms with van der Waals surface area (Å²) in [6.45, 7) is 4.52. The molecule has 1 saturated heterocycles. The zero-order chi connectivity index (χ0) is 16.4. The lowest BCUT2D eigenvalue weighted by Gasteiger charge is -2.47. The van der Waals surface area contributed by atoms with Crippen molar-refractivity contribution in [3.8, 4) is 0 Å². The maximum atomic E-state index is 6.24. The molecule has 2 unspecified atom stereocenters. The lowest BCUT2D eigenvalue weighted by atomic mass is 10.0. The SMILES string of the molecule is Cc1ccc2c(oc3ncccc32)c1N1C2CCC(C2)N(C)[C@@H]1C. The van der Waals surface area contributed by atoms with Gasteiger partial charge in [-0.15, -0.1) is 0 Å². The molecule has 1 aliphatic heterocycles. The summed E-state index contributed by atoms with van der Waals surface area (Å²) in [5.41, 5.74) is 4.28. The molecule has 1 aliphatic carbocycles. The average molecular weight is 321 g/mol. The number of fused-ring (bicyclic) bond motifs is 5. The van der Waals surface area contributed by atoms with Crippen molar-refractivity contribution in [3.05, 3.63) is 36.0 Å². The first-order chi connectivity index (χ1) is 11.6. The summed E-state index contributed by atoms with van der Waals surface area (Å²) in [5.74, 6) is 0. The van der Waals surface area contributed by atoms with Crippen molar-refractivity contribution in [2.24, 2.45) is 0 Å². The topological polar surface area (TPSA) is 32.5 Å². The molecule has 2 fully saturated rings. The van der Waals surface area contributed by atoms with Gasteiger partial charge in [-0.1, -0.05) is 12.1 Å². The van der Waals surface area contributed by atoms with Gasteiger partial charge in [0.05, 0.1) is 11.9 Å². The Balaban J connectivity index is 1.78. The smallest absolute Gasteiger partial charge is 0.227 e. The predicted molar refractivity (Wildman–Crippen MR) is 97.4 cm³/mol. The summed E-state index contributed by atoms with van der Waals surface area (Å²) >= 11 is 0. The predicted octanol–water partition coefficient (Wildman–Crippen LogP) is 4.31. The highest BCUT2D eigenvalue weighted by atomic mass is 16.3. The van der Waals surface area contributed by atoms with Gasteiger partial charge in [-0.05, 0) is 57.9 Å². The van der Waals surface area contributed by atoms with Crippen LogP contribution >= 0.6 is 0 Å². The number of benzene rings is 1. The quantitative estimate of drug-likeness (QED) is 0.668. The van der Waals surface area contributed by atoms with Crippen LogP contribution in [-0.2, 0) is 0 Å². The molecule has 2 aromatic heterocycles. The average Bonchev–Trinajstić information content (AvgIpc) is 3.18. The van der Waals surface area contributed by atoms with Crippen molar-refractivity contribution < 1.29 is 4.42 Å². The molecule has 3 atom stereocenters. The van der Waals surface area contributed by atoms with E-state index in [1.54, 1.807) is 6.20 Å². The highest BCUT2D eigenvalue weighted by Crippen LogP contribution is 2.44. The van der Waals surface area contributed by atoms with Crippen LogP contribution in [0.3, 0.4) is 0 Å². The van der Waals surface area contributed by atoms with Crippen molar-refractivity contribution in [1.82, 2.24) is 9.88 Å². The standard InChI is InChI=1S/C20H23N3O/c1-12-6-9-16-17-5-4-10-21-20(17)24-19(16)18(12)23-13(2)22(3)14-7-8-15(23)11-14/h4-6,9-10,13-15H,7-8,11H2,1-3H3/t13-,14?,15?/m0/s1. The first-order valence-corrected chi connectivity index (χ1v) is 8.92. The van der Waals surface area contributed by atoms with E-state index in [4.69, 9.17) is 4.42 Å². The third-order valence-corrected chi connectivity index (χ3v) is 6.19. The second-order valence-corrected chi connectivity index (χ2v) is 7.39. The molecule has 2 bridgehead atoms. The van der Waals surface area contributed by atoms with Crippen LogP contribution in [0.5, 0.6) is 0 Å². The van der Waals surface area contributed by atoms with Gasteiger partial charge in [0.15, 0.2) is 5.58 Å². The molecule has 4 nitrogen and oxygen atoms in total. The fraction of sp³-hybridized carbons (Fsp3) is 0.450. The van der Waals surface area contributed by atoms with E-state index in [1.807, 2.05) is 6.07 Å². The molecule has 3 heterocycles. The van der Waals surface area contributed by atoms with Crippen molar-refractivity contribution in [3.63, 3.8) is 0 Å². The molecule has 0 amide bonds. The van der Waals surface area contributed by atoms with Gasteiger partial charge in [-0.2, -0.15) is 0 Å². The Morgan fingerprint density at radius 3 is 2.83 bits per heavy atom. The van der Waals surface area contributed by atoms with Gasteiger partial charge in [0.2, 0.25) is 5.71 Å². The van der Waals surface area contributed by atoms with Crippen molar-refractivity contribution in [2.45, 2.75) is 51.4 Å². The molecule has 4 heteroatoms. The number of aryl methyl sites for hydroxylation is 1. The zero-order valence-corrected chi connectivity index (χ0v) is 14.5. The van der Waals surface area contributed by atoms with E-state index in [0.717, 1.165) is 22.7 Å². The minimum Gasteiger partial charge on any atom is -0.436 e. The largest absolute Gasteiger partial charge is 0.436 e. The number of rotatable bonds is 1. The highest BCUT2D eigenvalue weighted by Gasteiger charge is 2.42. The van der Waals surface area contributed by atoms with Crippen molar-refractivity contribution >= 4 is 27.8 Å². The molecule has 1 aromatic carbocycles. The third-order valence-electron chi connectivity index (χ3n) is 6.19. The van der Waals surface area contributed by atoms with Crippen LogP contribution in [-0.4, -0.2) is 35.2 Å². The second-order valence-electron chi connectivity index (χ2n) is 7.39. The van der Waals surface area contributed by atoms with Gasteiger partial charge in [0.1, 0.15) is 0 Å². The van der Waals surface area contributed by atoms with Gasteiger partial charge in [0, 0.05) is 29.1 Å². The molecule has 3 aromatic rings. The number of hydrogen-bond acceptors (Lipinski definition) is 4. The maximum Gasteiger partial charge on any atom is 0.227 e. The van der Waals surface area contributed by atoms with Crippen LogP contribution < -0.4 is 4.90 Å². The second kappa shape index (κ2) is 4.96. The van der Waals surface area contributed by atoms with Crippen LogP contribution in [0, 0.1) is 6.92 Å². The van der Waals surface area contributed by atoms with Gasteiger partial charge in [-0.3, -0.25) is 4.90 Å². The molecule has 24 heavy (non-hydrogen) atoms. The first-order valence-electron chi connectivity index (χ1n) is 8.92. The van der Waals surface area contributed by atoms with E-state index in [1.165, 1.54) is 35.9 Å². The van der Waals surface area contributed by atoms with Gasteiger partial charge >= 0.3 is 0 Å². The molecule has 124 valence electrons. The van der Waals surface area contributed by atoms with Crippen LogP contribution in [0.4, 0.5) is 5.69 Å². The van der Waals surface area contributed by atoms with E-state index in [0.29, 0.717) is 12.2 Å². The summed E-state index contributed by atoms with van der Waals surface area (Å²) in [6, 6.07) is 9.84. The van der Waals surface area contributed by atoms with Crippen LogP contribution in [0.25, 0.3) is 22.1 Å². The molecule has 0 radical (unpaired) electrons. The lowest BCUT2D eigenvalue weighted by molar-refractivity contribution is 0.149. The lowest BCUT2D eigenvalue weighted by Crippen LogP contribution is -2.56. The minimum atomic E-state index is 0.390. The Kier molecular flexibility index (Phi) is 2.95. The van der Waals surface area contributed by atoms with E-state index in [2.05, 4.69) is 53.9 Å². The molecule has 2 aliphatic rings. The maximum absolute atomic E-state index is 6.24. The molecule has 0 spiro atoms. The van der Waals surface area contributed by atoms with E-state index in [9.17, 15) is 0 Å². The van der Waals surface area contributed by atoms with Crippen molar-refractivity contribution in [2.75, 3.05) is 11.9 Å². The van der Waals surface area contributed by atoms with E-state index >= 15 is 0 Å².